The van der Waals surface area contributed by atoms with Crippen LogP contribution in [0.15, 0.2) is 0 Å². The van der Waals surface area contributed by atoms with E-state index < -0.39 is 0 Å². The van der Waals surface area contributed by atoms with Crippen molar-refractivity contribution in [1.29, 1.82) is 0 Å². The lowest BCUT2D eigenvalue weighted by Crippen LogP contribution is -2.51. The Morgan fingerprint density at radius 3 is 2.26 bits per heavy atom. The Morgan fingerprint density at radius 1 is 1.26 bits per heavy atom. The van der Waals surface area contributed by atoms with Crippen molar-refractivity contribution >= 4 is 18.3 Å². The SMILES string of the molecule is CCC1CCC(N(C)C(=O)C(C)C2CNC2)CC1.Cl. The molecule has 1 saturated carbocycles. The monoisotopic (exact) mass is 288 g/mol. The Kier molecular flexibility index (Phi) is 6.61. The molecule has 0 spiro atoms. The topological polar surface area (TPSA) is 32.3 Å². The van der Waals surface area contributed by atoms with Crippen molar-refractivity contribution in [1.82, 2.24) is 10.2 Å². The maximum atomic E-state index is 12.4. The van der Waals surface area contributed by atoms with E-state index in [1.54, 1.807) is 0 Å². The number of hydrogen-bond donors (Lipinski definition) is 1. The lowest BCUT2D eigenvalue weighted by molar-refractivity contribution is -0.139. The minimum Gasteiger partial charge on any atom is -0.343 e. The first-order chi connectivity index (χ1) is 8.63. The predicted molar refractivity (Wildman–Crippen MR) is 81.6 cm³/mol. The van der Waals surface area contributed by atoms with Crippen LogP contribution in [0.25, 0.3) is 0 Å². The van der Waals surface area contributed by atoms with Crippen LogP contribution in [0.5, 0.6) is 0 Å². The molecule has 0 radical (unpaired) electrons. The number of carbonyl (C=O) groups excluding carboxylic acids is 1. The zero-order chi connectivity index (χ0) is 13.1. The molecule has 4 heteroatoms. The van der Waals surface area contributed by atoms with Crippen LogP contribution in [0, 0.1) is 17.8 Å². The van der Waals surface area contributed by atoms with E-state index in [4.69, 9.17) is 0 Å². The second-order valence-corrected chi connectivity index (χ2v) is 6.24. The molecular formula is C15H29ClN2O. The minimum absolute atomic E-state index is 0. The highest BCUT2D eigenvalue weighted by atomic mass is 35.5. The summed E-state index contributed by atoms with van der Waals surface area (Å²) in [6.45, 7) is 6.42. The summed E-state index contributed by atoms with van der Waals surface area (Å²) in [5, 5.41) is 3.26. The van der Waals surface area contributed by atoms with Gasteiger partial charge in [0.2, 0.25) is 5.91 Å². The van der Waals surface area contributed by atoms with Gasteiger partial charge in [-0.2, -0.15) is 0 Å². The third-order valence-electron chi connectivity index (χ3n) is 5.20. The zero-order valence-electron chi connectivity index (χ0n) is 12.5. The van der Waals surface area contributed by atoms with Crippen LogP contribution in [0.2, 0.25) is 0 Å². The molecule has 1 saturated heterocycles. The van der Waals surface area contributed by atoms with E-state index in [-0.39, 0.29) is 18.3 Å². The molecule has 1 heterocycles. The van der Waals surface area contributed by atoms with Crippen molar-refractivity contribution in [2.75, 3.05) is 20.1 Å². The molecule has 112 valence electrons. The molecule has 0 aromatic carbocycles. The Bertz CT molecular complexity index is 286. The number of nitrogens with one attached hydrogen (secondary N) is 1. The van der Waals surface area contributed by atoms with Crippen molar-refractivity contribution in [2.45, 2.75) is 52.0 Å². The van der Waals surface area contributed by atoms with E-state index in [0.717, 1.165) is 19.0 Å². The van der Waals surface area contributed by atoms with Gasteiger partial charge in [0, 0.05) is 19.0 Å². The van der Waals surface area contributed by atoms with Gasteiger partial charge in [-0.05, 0) is 50.6 Å². The molecule has 0 bridgehead atoms. The zero-order valence-corrected chi connectivity index (χ0v) is 13.3. The summed E-state index contributed by atoms with van der Waals surface area (Å²) < 4.78 is 0. The summed E-state index contributed by atoms with van der Waals surface area (Å²) in [5.41, 5.74) is 0. The van der Waals surface area contributed by atoms with Gasteiger partial charge < -0.3 is 10.2 Å². The summed E-state index contributed by atoms with van der Waals surface area (Å²) in [6.07, 6.45) is 6.32. The number of amides is 1. The summed E-state index contributed by atoms with van der Waals surface area (Å²) in [7, 11) is 2.02. The summed E-state index contributed by atoms with van der Waals surface area (Å²) >= 11 is 0. The van der Waals surface area contributed by atoms with Crippen LogP contribution >= 0.6 is 12.4 Å². The molecule has 2 rings (SSSR count). The van der Waals surface area contributed by atoms with Crippen LogP contribution in [0.4, 0.5) is 0 Å². The largest absolute Gasteiger partial charge is 0.343 e. The van der Waals surface area contributed by atoms with Crippen LogP contribution in [0.3, 0.4) is 0 Å². The van der Waals surface area contributed by atoms with E-state index in [1.165, 1.54) is 32.1 Å². The van der Waals surface area contributed by atoms with Gasteiger partial charge in [0.15, 0.2) is 0 Å². The highest BCUT2D eigenvalue weighted by Gasteiger charge is 2.33. The standard InChI is InChI=1S/C15H28N2O.ClH/c1-4-12-5-7-14(8-6-12)17(3)15(18)11(2)13-9-16-10-13;/h11-14,16H,4-10H2,1-3H3;1H. The number of carbonyl (C=O) groups is 1. The van der Waals surface area contributed by atoms with E-state index in [9.17, 15) is 4.79 Å². The van der Waals surface area contributed by atoms with Gasteiger partial charge in [0.05, 0.1) is 0 Å². The van der Waals surface area contributed by atoms with Crippen LogP contribution in [-0.4, -0.2) is 37.0 Å². The van der Waals surface area contributed by atoms with Crippen molar-refractivity contribution in [2.24, 2.45) is 17.8 Å². The molecular weight excluding hydrogens is 260 g/mol. The Morgan fingerprint density at radius 2 is 1.84 bits per heavy atom. The molecule has 0 aromatic heterocycles. The van der Waals surface area contributed by atoms with Gasteiger partial charge in [-0.15, -0.1) is 12.4 Å². The highest BCUT2D eigenvalue weighted by Crippen LogP contribution is 2.30. The van der Waals surface area contributed by atoms with Crippen molar-refractivity contribution in [3.05, 3.63) is 0 Å². The molecule has 1 unspecified atom stereocenters. The maximum absolute atomic E-state index is 12.4. The quantitative estimate of drug-likeness (QED) is 0.863. The first-order valence-corrected chi connectivity index (χ1v) is 7.60. The number of nitrogens with zero attached hydrogens (tertiary/aromatic N) is 1. The fraction of sp³-hybridized carbons (Fsp3) is 0.933. The predicted octanol–water partition coefficient (Wildman–Crippen LogP) is 2.69. The summed E-state index contributed by atoms with van der Waals surface area (Å²) in [6, 6.07) is 0.496. The molecule has 0 aromatic rings. The second-order valence-electron chi connectivity index (χ2n) is 6.24. The molecule has 2 fully saturated rings. The van der Waals surface area contributed by atoms with Gasteiger partial charge in [-0.25, -0.2) is 0 Å². The van der Waals surface area contributed by atoms with Gasteiger partial charge in [0.1, 0.15) is 0 Å². The average Bonchev–Trinajstić information content (AvgIpc) is 2.35. The number of halogens is 1. The lowest BCUT2D eigenvalue weighted by atomic mass is 9.83. The average molecular weight is 289 g/mol. The van der Waals surface area contributed by atoms with Crippen molar-refractivity contribution in [3.63, 3.8) is 0 Å². The highest BCUT2D eigenvalue weighted by molar-refractivity contribution is 5.85. The molecule has 1 amide bonds. The lowest BCUT2D eigenvalue weighted by Gasteiger charge is -2.39. The normalized spacial score (nSPS) is 29.0. The minimum atomic E-state index is 0. The first kappa shape index (κ1) is 16.8. The van der Waals surface area contributed by atoms with Crippen LogP contribution in [-0.2, 0) is 4.79 Å². The van der Waals surface area contributed by atoms with Crippen molar-refractivity contribution < 1.29 is 4.79 Å². The van der Waals surface area contributed by atoms with E-state index in [1.807, 2.05) is 7.05 Å². The Labute approximate surface area is 123 Å². The summed E-state index contributed by atoms with van der Waals surface area (Å²) in [4.78, 5) is 14.5. The van der Waals surface area contributed by atoms with E-state index >= 15 is 0 Å². The van der Waals surface area contributed by atoms with Crippen LogP contribution < -0.4 is 5.32 Å². The molecule has 1 atom stereocenters. The fourth-order valence-electron chi connectivity index (χ4n) is 3.31. The molecule has 2 aliphatic rings. The molecule has 3 nitrogen and oxygen atoms in total. The van der Waals surface area contributed by atoms with Crippen molar-refractivity contribution in [3.8, 4) is 0 Å². The second kappa shape index (κ2) is 7.49. The fourth-order valence-corrected chi connectivity index (χ4v) is 3.31. The number of hydrogen-bond acceptors (Lipinski definition) is 2. The van der Waals surface area contributed by atoms with Gasteiger partial charge in [0.25, 0.3) is 0 Å². The molecule has 1 aliphatic carbocycles. The van der Waals surface area contributed by atoms with Crippen LogP contribution in [0.1, 0.15) is 46.0 Å². The molecule has 19 heavy (non-hydrogen) atoms. The van der Waals surface area contributed by atoms with Gasteiger partial charge >= 0.3 is 0 Å². The van der Waals surface area contributed by atoms with E-state index in [2.05, 4.69) is 24.1 Å². The van der Waals surface area contributed by atoms with Gasteiger partial charge in [-0.1, -0.05) is 20.3 Å². The Hall–Kier alpha value is -0.280. The summed E-state index contributed by atoms with van der Waals surface area (Å²) in [5.74, 6) is 2.02. The smallest absolute Gasteiger partial charge is 0.225 e. The molecule has 1 N–H and O–H groups in total. The van der Waals surface area contributed by atoms with Gasteiger partial charge in [-0.3, -0.25) is 4.79 Å². The molecule has 1 aliphatic heterocycles. The third-order valence-corrected chi connectivity index (χ3v) is 5.20. The van der Waals surface area contributed by atoms with E-state index in [0.29, 0.717) is 17.9 Å². The third kappa shape index (κ3) is 3.85. The first-order valence-electron chi connectivity index (χ1n) is 7.60. The Balaban J connectivity index is 0.00000180. The maximum Gasteiger partial charge on any atom is 0.225 e. The number of rotatable bonds is 4.